The van der Waals surface area contributed by atoms with Gasteiger partial charge >= 0.3 is 5.69 Å². The van der Waals surface area contributed by atoms with Crippen LogP contribution in [-0.4, -0.2) is 9.55 Å². The van der Waals surface area contributed by atoms with E-state index in [1.807, 2.05) is 72.8 Å². The molecule has 0 aliphatic carbocycles. The van der Waals surface area contributed by atoms with E-state index >= 15 is 0 Å². The molecule has 0 spiro atoms. The summed E-state index contributed by atoms with van der Waals surface area (Å²) in [7, 11) is 0. The number of H-pyrrole nitrogens is 1. The molecule has 4 rings (SSSR count). The molecular weight excluding hydrogens is 404 g/mol. The second kappa shape index (κ2) is 7.37. The summed E-state index contributed by atoms with van der Waals surface area (Å²) in [5, 5.41) is 0.503. The van der Waals surface area contributed by atoms with Crippen molar-refractivity contribution in [3.63, 3.8) is 0 Å². The Bertz CT molecular complexity index is 1200. The highest BCUT2D eigenvalue weighted by Gasteiger charge is 2.14. The highest BCUT2D eigenvalue weighted by molar-refractivity contribution is 9.09. The quantitative estimate of drug-likeness (QED) is 0.502. The largest absolute Gasteiger partial charge is 0.329 e. The molecule has 0 amide bonds. The summed E-state index contributed by atoms with van der Waals surface area (Å²) >= 11 is 3.71. The number of hydrogen-bond acceptors (Lipinski definition) is 2. The van der Waals surface area contributed by atoms with Crippen LogP contribution in [0.4, 0.5) is 0 Å². The van der Waals surface area contributed by atoms with Crippen molar-refractivity contribution in [2.45, 2.75) is 11.4 Å². The van der Waals surface area contributed by atoms with E-state index in [2.05, 4.69) is 20.9 Å². The van der Waals surface area contributed by atoms with Gasteiger partial charge in [-0.15, -0.1) is 0 Å². The number of benzene rings is 3. The monoisotopic (exact) mass is 420 g/mol. The minimum atomic E-state index is -0.400. The number of hydrogen-bond donors (Lipinski definition) is 1. The van der Waals surface area contributed by atoms with Crippen molar-refractivity contribution < 1.29 is 0 Å². The van der Waals surface area contributed by atoms with Crippen LogP contribution in [0.2, 0.25) is 0 Å². The minimum Gasteiger partial charge on any atom is -0.307 e. The van der Waals surface area contributed by atoms with Crippen LogP contribution in [0.25, 0.3) is 10.9 Å². The topological polar surface area (TPSA) is 54.9 Å². The second-order valence-corrected chi connectivity index (χ2v) is 7.30. The standard InChI is InChI=1S/C22H17BrN2O2/c23-20(16-9-5-2-6-10-16)17-11-12-19-18(13-17)21(26)25(22(27)24-19)14-15-7-3-1-4-8-15/h1-13,20H,14H2,(H,24,27). The molecule has 0 radical (unpaired) electrons. The highest BCUT2D eigenvalue weighted by Crippen LogP contribution is 2.31. The van der Waals surface area contributed by atoms with Crippen LogP contribution in [-0.2, 0) is 6.54 Å². The van der Waals surface area contributed by atoms with Gasteiger partial charge in [-0.3, -0.25) is 9.36 Å². The van der Waals surface area contributed by atoms with Crippen molar-refractivity contribution in [2.24, 2.45) is 0 Å². The van der Waals surface area contributed by atoms with E-state index in [4.69, 9.17) is 0 Å². The summed E-state index contributed by atoms with van der Waals surface area (Å²) in [5.41, 5.74) is 2.83. The van der Waals surface area contributed by atoms with Gasteiger partial charge in [-0.25, -0.2) is 4.79 Å². The van der Waals surface area contributed by atoms with Gasteiger partial charge in [0.15, 0.2) is 0 Å². The molecule has 1 atom stereocenters. The fraction of sp³-hybridized carbons (Fsp3) is 0.0909. The summed E-state index contributed by atoms with van der Waals surface area (Å²) in [4.78, 5) is 28.2. The molecule has 0 saturated carbocycles. The number of fused-ring (bicyclic) bond motifs is 1. The van der Waals surface area contributed by atoms with E-state index in [1.165, 1.54) is 4.57 Å². The van der Waals surface area contributed by atoms with Gasteiger partial charge < -0.3 is 4.98 Å². The van der Waals surface area contributed by atoms with Crippen LogP contribution >= 0.6 is 15.9 Å². The van der Waals surface area contributed by atoms with E-state index in [1.54, 1.807) is 6.07 Å². The third-order valence-electron chi connectivity index (χ3n) is 4.57. The van der Waals surface area contributed by atoms with E-state index in [0.29, 0.717) is 10.9 Å². The molecule has 1 unspecified atom stereocenters. The first kappa shape index (κ1) is 17.5. The molecule has 3 aromatic carbocycles. The molecule has 0 fully saturated rings. The van der Waals surface area contributed by atoms with Crippen molar-refractivity contribution in [3.8, 4) is 0 Å². The molecule has 1 aromatic heterocycles. The molecule has 134 valence electrons. The number of nitrogens with one attached hydrogen (secondary N) is 1. The number of aromatic amines is 1. The van der Waals surface area contributed by atoms with Crippen molar-refractivity contribution in [2.75, 3.05) is 0 Å². The molecule has 1 N–H and O–H groups in total. The number of halogens is 1. The molecule has 0 aliphatic rings. The van der Waals surface area contributed by atoms with Gasteiger partial charge in [-0.1, -0.05) is 82.7 Å². The third-order valence-corrected chi connectivity index (χ3v) is 5.63. The van der Waals surface area contributed by atoms with Crippen LogP contribution in [0.15, 0.2) is 88.5 Å². The van der Waals surface area contributed by atoms with Gasteiger partial charge in [0, 0.05) is 0 Å². The molecule has 1 heterocycles. The summed E-state index contributed by atoms with van der Waals surface area (Å²) in [6, 6.07) is 25.0. The summed E-state index contributed by atoms with van der Waals surface area (Å²) in [6.45, 7) is 0.242. The zero-order valence-corrected chi connectivity index (χ0v) is 16.0. The van der Waals surface area contributed by atoms with Gasteiger partial charge in [0.2, 0.25) is 0 Å². The van der Waals surface area contributed by atoms with Crippen LogP contribution < -0.4 is 11.2 Å². The molecule has 5 heteroatoms. The Morgan fingerprint density at radius 1 is 0.852 bits per heavy atom. The van der Waals surface area contributed by atoms with E-state index < -0.39 is 5.69 Å². The first-order valence-corrected chi connectivity index (χ1v) is 9.55. The Balaban J connectivity index is 1.81. The maximum absolute atomic E-state index is 13.0. The number of aromatic nitrogens is 2. The average Bonchev–Trinajstić information content (AvgIpc) is 2.72. The van der Waals surface area contributed by atoms with Gasteiger partial charge in [0.25, 0.3) is 5.56 Å². The molecule has 27 heavy (non-hydrogen) atoms. The van der Waals surface area contributed by atoms with Gasteiger partial charge in [-0.2, -0.15) is 0 Å². The SMILES string of the molecule is O=c1[nH]c2ccc(C(Br)c3ccccc3)cc2c(=O)n1Cc1ccccc1. The third kappa shape index (κ3) is 3.51. The number of rotatable bonds is 4. The first-order chi connectivity index (χ1) is 13.1. The van der Waals surface area contributed by atoms with E-state index in [0.717, 1.165) is 16.7 Å². The van der Waals surface area contributed by atoms with Crippen LogP contribution in [0.3, 0.4) is 0 Å². The van der Waals surface area contributed by atoms with Gasteiger partial charge in [0.05, 0.1) is 22.3 Å². The summed E-state index contributed by atoms with van der Waals surface area (Å²) in [6.07, 6.45) is 0. The fourth-order valence-corrected chi connectivity index (χ4v) is 3.74. The van der Waals surface area contributed by atoms with Crippen molar-refractivity contribution in [1.82, 2.24) is 9.55 Å². The lowest BCUT2D eigenvalue weighted by atomic mass is 10.0. The van der Waals surface area contributed by atoms with E-state index in [9.17, 15) is 9.59 Å². The lowest BCUT2D eigenvalue weighted by molar-refractivity contribution is 0.711. The smallest absolute Gasteiger partial charge is 0.307 e. The van der Waals surface area contributed by atoms with Crippen LogP contribution in [0.1, 0.15) is 21.5 Å². The number of nitrogens with zero attached hydrogens (tertiary/aromatic N) is 1. The Kier molecular flexibility index (Phi) is 4.77. The minimum absolute atomic E-state index is 0.0306. The average molecular weight is 421 g/mol. The predicted molar refractivity (Wildman–Crippen MR) is 112 cm³/mol. The van der Waals surface area contributed by atoms with Crippen LogP contribution in [0, 0.1) is 0 Å². The van der Waals surface area contributed by atoms with Gasteiger partial charge in [-0.05, 0) is 28.8 Å². The zero-order valence-electron chi connectivity index (χ0n) is 14.4. The first-order valence-electron chi connectivity index (χ1n) is 8.63. The predicted octanol–water partition coefficient (Wildman–Crippen LogP) is 4.22. The lowest BCUT2D eigenvalue weighted by Crippen LogP contribution is -2.35. The van der Waals surface area contributed by atoms with Crippen molar-refractivity contribution >= 4 is 26.8 Å². The summed E-state index contributed by atoms with van der Waals surface area (Å²) in [5.74, 6) is 0. The molecule has 4 aromatic rings. The lowest BCUT2D eigenvalue weighted by Gasteiger charge is -2.12. The molecule has 0 saturated heterocycles. The molecule has 4 nitrogen and oxygen atoms in total. The normalized spacial score (nSPS) is 12.2. The van der Waals surface area contributed by atoms with Crippen molar-refractivity contribution in [3.05, 3.63) is 116 Å². The summed E-state index contributed by atoms with van der Waals surface area (Å²) < 4.78 is 1.24. The maximum Gasteiger partial charge on any atom is 0.329 e. The second-order valence-electron chi connectivity index (χ2n) is 6.39. The Labute approximate surface area is 164 Å². The van der Waals surface area contributed by atoms with Crippen molar-refractivity contribution in [1.29, 1.82) is 0 Å². The Morgan fingerprint density at radius 3 is 2.22 bits per heavy atom. The van der Waals surface area contributed by atoms with Gasteiger partial charge in [0.1, 0.15) is 0 Å². The Morgan fingerprint density at radius 2 is 1.52 bits per heavy atom. The fourth-order valence-electron chi connectivity index (χ4n) is 3.15. The molecule has 0 aliphatic heterocycles. The van der Waals surface area contributed by atoms with Crippen LogP contribution in [0.5, 0.6) is 0 Å². The Hall–Kier alpha value is -2.92. The molecule has 0 bridgehead atoms. The highest BCUT2D eigenvalue weighted by atomic mass is 79.9. The molecular formula is C22H17BrN2O2. The maximum atomic E-state index is 13.0. The van der Waals surface area contributed by atoms with E-state index in [-0.39, 0.29) is 16.9 Å². The zero-order chi connectivity index (χ0) is 18.8. The number of alkyl halides is 1.